The zero-order valence-corrected chi connectivity index (χ0v) is 23.9. The van der Waals surface area contributed by atoms with E-state index in [4.69, 9.17) is 5.73 Å². The molecule has 0 heterocycles. The number of aldehydes is 1. The molecule has 3 nitrogen and oxygen atoms in total. The number of carbonyl (C=O) groups is 1. The van der Waals surface area contributed by atoms with Crippen LogP contribution in [-0.2, 0) is 4.79 Å². The van der Waals surface area contributed by atoms with Gasteiger partial charge in [-0.2, -0.15) is 0 Å². The Morgan fingerprint density at radius 1 is 0.949 bits per heavy atom. The Hall–Kier alpha value is -1.87. The van der Waals surface area contributed by atoms with Crippen molar-refractivity contribution in [3.63, 3.8) is 0 Å². The Labute approximate surface area is 236 Å². The van der Waals surface area contributed by atoms with E-state index in [1.807, 2.05) is 0 Å². The molecule has 0 saturated heterocycles. The van der Waals surface area contributed by atoms with Gasteiger partial charge in [-0.3, -0.25) is 0 Å². The molecule has 1 aromatic rings. The van der Waals surface area contributed by atoms with Gasteiger partial charge in [0.1, 0.15) is 6.29 Å². The number of rotatable bonds is 7. The van der Waals surface area contributed by atoms with Gasteiger partial charge in [0.25, 0.3) is 0 Å². The van der Waals surface area contributed by atoms with Crippen LogP contribution in [-0.4, -0.2) is 18.9 Å². The molecule has 0 spiro atoms. The molecule has 5 fully saturated rings. The number of hydrogen-bond acceptors (Lipinski definition) is 3. The number of para-hydroxylation sites is 1. The number of hydrogen-bond donors (Lipinski definition) is 2. The molecular weight excluding hydrogens is 476 g/mol. The van der Waals surface area contributed by atoms with Crippen molar-refractivity contribution >= 4 is 12.0 Å². The molecule has 6 aliphatic carbocycles. The lowest BCUT2D eigenvalue weighted by molar-refractivity contribution is -0.111. The lowest BCUT2D eigenvalue weighted by atomic mass is 9.67. The first kappa shape index (κ1) is 26.1. The predicted octanol–water partition coefficient (Wildman–Crippen LogP) is 7.65. The lowest BCUT2D eigenvalue weighted by Gasteiger charge is -2.38. The molecule has 0 radical (unpaired) electrons. The monoisotopic (exact) mass is 526 g/mol. The van der Waals surface area contributed by atoms with Gasteiger partial charge < -0.3 is 15.8 Å². The van der Waals surface area contributed by atoms with Gasteiger partial charge in [-0.15, -0.1) is 0 Å². The first-order valence-corrected chi connectivity index (χ1v) is 16.4. The van der Waals surface area contributed by atoms with E-state index < -0.39 is 0 Å². The van der Waals surface area contributed by atoms with E-state index in [0.717, 1.165) is 42.9 Å². The first-order chi connectivity index (χ1) is 19.1. The molecule has 3 heteroatoms. The maximum absolute atomic E-state index is 12.5. The molecule has 210 valence electrons. The maximum atomic E-state index is 12.5. The van der Waals surface area contributed by atoms with Gasteiger partial charge in [0, 0.05) is 17.6 Å². The summed E-state index contributed by atoms with van der Waals surface area (Å²) in [6.07, 6.45) is 22.4. The summed E-state index contributed by atoms with van der Waals surface area (Å²) in [5.74, 6) is 7.06. The Bertz CT molecular complexity index is 1070. The Morgan fingerprint density at radius 3 is 2.56 bits per heavy atom. The second-order valence-corrected chi connectivity index (χ2v) is 14.6. The molecule has 3 N–H and O–H groups in total. The maximum Gasteiger partial charge on any atom is 0.137 e. The molecule has 5 saturated carbocycles. The fraction of sp³-hybridized carbons (Fsp3) is 0.694. The third-order valence-electron chi connectivity index (χ3n) is 13.0. The summed E-state index contributed by atoms with van der Waals surface area (Å²) in [4.78, 5) is 12.5. The van der Waals surface area contributed by atoms with Gasteiger partial charge >= 0.3 is 0 Å². The van der Waals surface area contributed by atoms with Gasteiger partial charge in [0.15, 0.2) is 0 Å². The second kappa shape index (κ2) is 10.5. The summed E-state index contributed by atoms with van der Waals surface area (Å²) in [5.41, 5.74) is 9.65. The minimum absolute atomic E-state index is 0.00529. The highest BCUT2D eigenvalue weighted by atomic mass is 16.1. The van der Waals surface area contributed by atoms with Crippen LogP contribution in [0.15, 0.2) is 54.6 Å². The Kier molecular flexibility index (Phi) is 7.02. The summed E-state index contributed by atoms with van der Waals surface area (Å²) in [6.45, 7) is 5.71. The highest BCUT2D eigenvalue weighted by molar-refractivity contribution is 5.61. The zero-order chi connectivity index (χ0) is 26.6. The lowest BCUT2D eigenvalue weighted by Crippen LogP contribution is -2.43. The number of fused-ring (bicyclic) bond motifs is 4. The van der Waals surface area contributed by atoms with E-state index in [1.165, 1.54) is 81.9 Å². The first-order valence-electron chi connectivity index (χ1n) is 16.4. The highest BCUT2D eigenvalue weighted by Gasteiger charge is 2.73. The van der Waals surface area contributed by atoms with Crippen molar-refractivity contribution in [2.24, 2.45) is 70.3 Å². The van der Waals surface area contributed by atoms with Crippen molar-refractivity contribution in [2.45, 2.75) is 83.1 Å². The smallest absolute Gasteiger partial charge is 0.137 e. The molecule has 0 unspecified atom stereocenters. The zero-order valence-electron chi connectivity index (χ0n) is 23.9. The minimum Gasteiger partial charge on any atom is -0.385 e. The van der Waals surface area contributed by atoms with Crippen molar-refractivity contribution in [1.29, 1.82) is 0 Å². The topological polar surface area (TPSA) is 55.1 Å². The summed E-state index contributed by atoms with van der Waals surface area (Å²) >= 11 is 0. The fourth-order valence-corrected chi connectivity index (χ4v) is 11.3. The standard InChI is InChI=1S/C36H50N2O/c1-23-12-15-33-35(32-20-28(19-31(23)32)25-8-4-2-5-9-25)36(33,34(37)22-39)29-14-13-26-16-24(17-27(26)18-29)21-38-30-10-6-3-7-11-30/h3,6-7,10-11,13-14,22,24-29,31-35,38H,1-2,4-5,8-9,12,15-21,37H2/t24-,26+,27-,28-,29+,31+,32-,33-,34-,35-,36+/m0/s1. The minimum atomic E-state index is -0.323. The third-order valence-corrected chi connectivity index (χ3v) is 13.0. The van der Waals surface area contributed by atoms with Crippen molar-refractivity contribution in [2.75, 3.05) is 11.9 Å². The van der Waals surface area contributed by atoms with Crippen LogP contribution in [0, 0.1) is 64.6 Å². The molecule has 11 atom stereocenters. The van der Waals surface area contributed by atoms with Crippen LogP contribution in [0.3, 0.4) is 0 Å². The predicted molar refractivity (Wildman–Crippen MR) is 160 cm³/mol. The Balaban J connectivity index is 1.08. The van der Waals surface area contributed by atoms with E-state index in [0.29, 0.717) is 35.5 Å². The molecular formula is C36H50N2O. The number of allylic oxidation sites excluding steroid dienone is 3. The number of benzene rings is 1. The van der Waals surface area contributed by atoms with Crippen LogP contribution in [0.5, 0.6) is 0 Å². The summed E-state index contributed by atoms with van der Waals surface area (Å²) in [5, 5.41) is 3.69. The SMILES string of the molecule is C=C1CC[C@H]2[C@H]([C@H]3C[C@@H](C4CCCCC4)C[C@H]13)[C@@]2([C@@H]1C=C[C@@H]2C[C@H](CNc3ccccc3)C[C@H]2C1)[C@@H](N)C=O. The van der Waals surface area contributed by atoms with Gasteiger partial charge in [-0.05, 0) is 116 Å². The van der Waals surface area contributed by atoms with Crippen LogP contribution < -0.4 is 11.1 Å². The van der Waals surface area contributed by atoms with Crippen molar-refractivity contribution in [3.8, 4) is 0 Å². The Morgan fingerprint density at radius 2 is 1.77 bits per heavy atom. The number of nitrogens with two attached hydrogens (primary N) is 1. The summed E-state index contributed by atoms with van der Waals surface area (Å²) in [7, 11) is 0. The van der Waals surface area contributed by atoms with Crippen LogP contribution >= 0.6 is 0 Å². The highest BCUT2D eigenvalue weighted by Crippen LogP contribution is 2.76. The van der Waals surface area contributed by atoms with Crippen LogP contribution in [0.25, 0.3) is 0 Å². The largest absolute Gasteiger partial charge is 0.385 e. The molecule has 1 aromatic carbocycles. The van der Waals surface area contributed by atoms with E-state index in [2.05, 4.69) is 54.4 Å². The van der Waals surface area contributed by atoms with Crippen molar-refractivity contribution in [3.05, 3.63) is 54.6 Å². The quantitative estimate of drug-likeness (QED) is 0.283. The molecule has 39 heavy (non-hydrogen) atoms. The number of carbonyl (C=O) groups excluding carboxylic acids is 1. The number of nitrogens with one attached hydrogen (secondary N) is 1. The van der Waals surface area contributed by atoms with E-state index >= 15 is 0 Å². The van der Waals surface area contributed by atoms with Gasteiger partial charge in [0.05, 0.1) is 6.04 Å². The molecule has 6 aliphatic rings. The molecule has 0 bridgehead atoms. The third kappa shape index (κ3) is 4.46. The van der Waals surface area contributed by atoms with Crippen molar-refractivity contribution in [1.82, 2.24) is 0 Å². The van der Waals surface area contributed by atoms with Gasteiger partial charge in [-0.25, -0.2) is 0 Å². The van der Waals surface area contributed by atoms with Crippen LogP contribution in [0.1, 0.15) is 77.0 Å². The van der Waals surface area contributed by atoms with Gasteiger partial charge in [0.2, 0.25) is 0 Å². The van der Waals surface area contributed by atoms with Crippen LogP contribution in [0.2, 0.25) is 0 Å². The number of anilines is 1. The second-order valence-electron chi connectivity index (χ2n) is 14.6. The summed E-state index contributed by atoms with van der Waals surface area (Å²) < 4.78 is 0. The van der Waals surface area contributed by atoms with E-state index in [9.17, 15) is 4.79 Å². The average Bonchev–Trinajstić information content (AvgIpc) is 3.26. The van der Waals surface area contributed by atoms with Crippen LogP contribution in [0.4, 0.5) is 5.69 Å². The normalized spacial score (nSPS) is 44.1. The van der Waals surface area contributed by atoms with E-state index in [-0.39, 0.29) is 11.5 Å². The average molecular weight is 527 g/mol. The van der Waals surface area contributed by atoms with E-state index in [1.54, 1.807) is 0 Å². The van der Waals surface area contributed by atoms with Gasteiger partial charge in [-0.1, -0.05) is 74.6 Å². The molecule has 0 aromatic heterocycles. The molecule has 0 amide bonds. The molecule has 7 rings (SSSR count). The molecule has 0 aliphatic heterocycles. The fourth-order valence-electron chi connectivity index (χ4n) is 11.3. The summed E-state index contributed by atoms with van der Waals surface area (Å²) in [6, 6.07) is 10.3. The van der Waals surface area contributed by atoms with Crippen molar-refractivity contribution < 1.29 is 4.79 Å².